The van der Waals surface area contributed by atoms with Crippen LogP contribution in [-0.2, 0) is 9.31 Å². The molecule has 0 saturated carbocycles. The molecule has 6 heteroatoms. The van der Waals surface area contributed by atoms with Crippen molar-refractivity contribution in [3.8, 4) is 33.8 Å². The highest BCUT2D eigenvalue weighted by molar-refractivity contribution is 7.20. The van der Waals surface area contributed by atoms with Crippen LogP contribution in [0.5, 0.6) is 0 Å². The van der Waals surface area contributed by atoms with Crippen LogP contribution in [0.4, 0.5) is 0 Å². The number of nitrogens with zero attached hydrogens (tertiary/aromatic N) is 2. The fourth-order valence-corrected chi connectivity index (χ4v) is 12.2. The fraction of sp³-hybridized carbons (Fsp3) is 0.130. The van der Waals surface area contributed by atoms with E-state index in [0.29, 0.717) is 0 Å². The zero-order valence-electron chi connectivity index (χ0n) is 30.0. The second-order valence-corrected chi connectivity index (χ2v) is 18.3. The van der Waals surface area contributed by atoms with Crippen LogP contribution >= 0.6 is 0 Å². The number of hydrogen-bond donors (Lipinski definition) is 0. The third-order valence-electron chi connectivity index (χ3n) is 10.7. The number of benzene rings is 6. The lowest BCUT2D eigenvalue weighted by Crippen LogP contribution is -2.75. The average molecular weight is 693 g/mol. The molecule has 1 aromatic heterocycles. The van der Waals surface area contributed by atoms with Gasteiger partial charge >= 0.3 is 7.12 Å². The summed E-state index contributed by atoms with van der Waals surface area (Å²) in [5.74, 6) is 0. The first kappa shape index (κ1) is 33.7. The highest BCUT2D eigenvalue weighted by Gasteiger charge is 2.52. The fourth-order valence-electron chi connectivity index (χ4n) is 7.32. The molecule has 7 aromatic rings. The SMILES string of the molecule is CC1(C)OB(c2cccc([Si](c3ccccc3)(c3ccccc3)c3cccc(-c4cnc(-c5ccccc5)c(-c5ccccc5)n4)c3)c2)OC1(C)C. The maximum absolute atomic E-state index is 6.58. The standard InChI is InChI=1S/C46H41BN2O2Si/c1-45(2)46(3,4)51-47(50-45)37-24-18-30-41(32-37)52(38-25-13-7-14-26-38,39-27-15-8-16-28-39)40-29-17-23-36(31-40)42-33-48-43(34-19-9-5-10-20-34)44(49-42)35-21-11-6-12-22-35/h5-33H,1-4H3. The molecule has 1 fully saturated rings. The van der Waals surface area contributed by atoms with E-state index in [1.165, 1.54) is 20.7 Å². The Morgan fingerprint density at radius 2 is 0.904 bits per heavy atom. The molecule has 1 aliphatic heterocycles. The molecule has 1 saturated heterocycles. The minimum atomic E-state index is -2.92. The van der Waals surface area contributed by atoms with Crippen molar-refractivity contribution in [2.45, 2.75) is 38.9 Å². The van der Waals surface area contributed by atoms with Gasteiger partial charge in [0.05, 0.1) is 34.5 Å². The predicted octanol–water partition coefficient (Wildman–Crippen LogP) is 7.15. The van der Waals surface area contributed by atoms with Gasteiger partial charge < -0.3 is 9.31 Å². The molecule has 254 valence electrons. The molecule has 1 aliphatic rings. The van der Waals surface area contributed by atoms with E-state index in [2.05, 4.69) is 173 Å². The van der Waals surface area contributed by atoms with Gasteiger partial charge in [0.2, 0.25) is 0 Å². The van der Waals surface area contributed by atoms with Gasteiger partial charge in [0.25, 0.3) is 0 Å². The number of hydrogen-bond acceptors (Lipinski definition) is 4. The van der Waals surface area contributed by atoms with E-state index in [0.717, 1.165) is 39.2 Å². The van der Waals surface area contributed by atoms with Crippen LogP contribution in [0.2, 0.25) is 0 Å². The van der Waals surface area contributed by atoms with Gasteiger partial charge in [0, 0.05) is 16.7 Å². The third-order valence-corrected chi connectivity index (χ3v) is 15.5. The average Bonchev–Trinajstić information content (AvgIpc) is 3.42. The molecule has 0 aliphatic carbocycles. The Labute approximate surface area is 308 Å². The second kappa shape index (κ2) is 13.6. The summed E-state index contributed by atoms with van der Waals surface area (Å²) in [4.78, 5) is 10.4. The van der Waals surface area contributed by atoms with Gasteiger partial charge in [-0.2, -0.15) is 0 Å². The first-order valence-corrected chi connectivity index (χ1v) is 19.9. The number of rotatable bonds is 8. The maximum Gasteiger partial charge on any atom is 0.494 e. The summed E-state index contributed by atoms with van der Waals surface area (Å²) < 4.78 is 13.2. The van der Waals surface area contributed by atoms with Crippen molar-refractivity contribution in [2.75, 3.05) is 0 Å². The zero-order valence-corrected chi connectivity index (χ0v) is 31.0. The first-order valence-electron chi connectivity index (χ1n) is 17.9. The van der Waals surface area contributed by atoms with Crippen molar-refractivity contribution in [3.05, 3.63) is 176 Å². The molecule has 0 amide bonds. The van der Waals surface area contributed by atoms with Crippen LogP contribution in [0.25, 0.3) is 33.8 Å². The van der Waals surface area contributed by atoms with E-state index < -0.39 is 26.4 Å². The Hall–Kier alpha value is -5.40. The molecular weight excluding hydrogens is 651 g/mol. The summed E-state index contributed by atoms with van der Waals surface area (Å²) in [5.41, 5.74) is 5.78. The monoisotopic (exact) mass is 692 g/mol. The third kappa shape index (κ3) is 6.03. The highest BCUT2D eigenvalue weighted by Crippen LogP contribution is 2.36. The molecule has 0 N–H and O–H groups in total. The Morgan fingerprint density at radius 3 is 1.46 bits per heavy atom. The summed E-state index contributed by atoms with van der Waals surface area (Å²) >= 11 is 0. The lowest BCUT2D eigenvalue weighted by atomic mass is 9.79. The minimum absolute atomic E-state index is 0.439. The Kier molecular flexibility index (Phi) is 8.84. The van der Waals surface area contributed by atoms with Crippen molar-refractivity contribution in [2.24, 2.45) is 0 Å². The Balaban J connectivity index is 1.33. The van der Waals surface area contributed by atoms with Gasteiger partial charge in [-0.1, -0.05) is 170 Å². The smallest absolute Gasteiger partial charge is 0.399 e. The van der Waals surface area contributed by atoms with Gasteiger partial charge in [0.15, 0.2) is 8.07 Å². The molecule has 0 spiro atoms. The quantitative estimate of drug-likeness (QED) is 0.125. The van der Waals surface area contributed by atoms with Crippen LogP contribution in [0.15, 0.2) is 176 Å². The van der Waals surface area contributed by atoms with Gasteiger partial charge in [-0.3, -0.25) is 4.98 Å². The number of aromatic nitrogens is 2. The molecule has 2 heterocycles. The second-order valence-electron chi connectivity index (χ2n) is 14.5. The van der Waals surface area contributed by atoms with Crippen LogP contribution in [-0.4, -0.2) is 36.4 Å². The summed E-state index contributed by atoms with van der Waals surface area (Å²) in [6.07, 6.45) is 1.92. The molecule has 4 nitrogen and oxygen atoms in total. The molecule has 0 bridgehead atoms. The summed E-state index contributed by atoms with van der Waals surface area (Å²) in [6.45, 7) is 8.42. The van der Waals surface area contributed by atoms with Crippen LogP contribution in [0.3, 0.4) is 0 Å². The van der Waals surface area contributed by atoms with Gasteiger partial charge in [-0.15, -0.1) is 0 Å². The normalized spacial score (nSPS) is 15.0. The van der Waals surface area contributed by atoms with Crippen LogP contribution in [0, 0.1) is 0 Å². The zero-order chi connectivity index (χ0) is 35.8. The Bertz CT molecular complexity index is 2260. The largest absolute Gasteiger partial charge is 0.494 e. The minimum Gasteiger partial charge on any atom is -0.399 e. The molecule has 0 radical (unpaired) electrons. The van der Waals surface area contributed by atoms with E-state index in [1.807, 2.05) is 30.5 Å². The van der Waals surface area contributed by atoms with Crippen molar-refractivity contribution in [3.63, 3.8) is 0 Å². The van der Waals surface area contributed by atoms with Gasteiger partial charge in [0.1, 0.15) is 0 Å². The summed E-state index contributed by atoms with van der Waals surface area (Å²) in [6, 6.07) is 60.5. The van der Waals surface area contributed by atoms with E-state index in [-0.39, 0.29) is 0 Å². The van der Waals surface area contributed by atoms with Crippen molar-refractivity contribution >= 4 is 41.4 Å². The molecule has 8 rings (SSSR count). The van der Waals surface area contributed by atoms with Gasteiger partial charge in [-0.25, -0.2) is 4.98 Å². The van der Waals surface area contributed by atoms with Crippen LogP contribution in [0.1, 0.15) is 27.7 Å². The van der Waals surface area contributed by atoms with Crippen molar-refractivity contribution in [1.82, 2.24) is 9.97 Å². The molecule has 0 atom stereocenters. The van der Waals surface area contributed by atoms with Crippen molar-refractivity contribution in [1.29, 1.82) is 0 Å². The lowest BCUT2D eigenvalue weighted by Gasteiger charge is -2.35. The molecule has 52 heavy (non-hydrogen) atoms. The summed E-state index contributed by atoms with van der Waals surface area (Å²) in [5, 5.41) is 5.09. The van der Waals surface area contributed by atoms with E-state index in [1.54, 1.807) is 0 Å². The highest BCUT2D eigenvalue weighted by atomic mass is 28.3. The van der Waals surface area contributed by atoms with E-state index in [9.17, 15) is 0 Å². The predicted molar refractivity (Wildman–Crippen MR) is 218 cm³/mol. The topological polar surface area (TPSA) is 44.2 Å². The maximum atomic E-state index is 6.58. The Morgan fingerprint density at radius 1 is 0.462 bits per heavy atom. The molecular formula is C46H41BN2O2Si. The van der Waals surface area contributed by atoms with E-state index in [4.69, 9.17) is 19.3 Å². The molecule has 0 unspecified atom stereocenters. The lowest BCUT2D eigenvalue weighted by molar-refractivity contribution is 0.00578. The van der Waals surface area contributed by atoms with E-state index >= 15 is 0 Å². The van der Waals surface area contributed by atoms with Crippen molar-refractivity contribution < 1.29 is 9.31 Å². The van der Waals surface area contributed by atoms with Crippen LogP contribution < -0.4 is 26.2 Å². The van der Waals surface area contributed by atoms with Gasteiger partial charge in [-0.05, 0) is 53.9 Å². The molecule has 6 aromatic carbocycles. The first-order chi connectivity index (χ1) is 25.3. The summed E-state index contributed by atoms with van der Waals surface area (Å²) in [7, 11) is -3.39.